The molecule has 522 valence electrons. The summed E-state index contributed by atoms with van der Waals surface area (Å²) in [4.78, 5) is 72.2. The quantitative estimate of drug-likeness (QED) is 0.0222. The van der Waals surface area contributed by atoms with Crippen LogP contribution in [0.1, 0.15) is 350 Å². The highest BCUT2D eigenvalue weighted by Gasteiger charge is 2.30. The molecule has 0 aromatic rings. The molecule has 2 unspecified atom stereocenters. The summed E-state index contributed by atoms with van der Waals surface area (Å²) in [6, 6.07) is 0. The van der Waals surface area contributed by atoms with Crippen LogP contribution in [0.5, 0.6) is 0 Å². The summed E-state index contributed by atoms with van der Waals surface area (Å²) in [6.45, 7) is 9.49. The van der Waals surface area contributed by atoms with Gasteiger partial charge in [-0.25, -0.2) is 9.13 Å². The SMILES string of the molecule is CCCCCCCCCCCCCCC(=O)O[C@H](COC(=O)CCCCCCC)COP(=O)(O)OC[C@H](O)COP(=O)(O)OC[C@@H](COC(=O)CCCCCCCCCCCCCCC(C)C)OC(=O)CCCCCCCCCCCCCCCC(C)C. The topological polar surface area (TPSA) is 237 Å². The van der Waals surface area contributed by atoms with Crippen LogP contribution in [0, 0.1) is 11.8 Å². The van der Waals surface area contributed by atoms with E-state index < -0.39 is 97.5 Å². The van der Waals surface area contributed by atoms with Gasteiger partial charge in [0.25, 0.3) is 0 Å². The number of esters is 4. The molecule has 0 spiro atoms. The van der Waals surface area contributed by atoms with E-state index in [1.807, 2.05) is 0 Å². The number of carbonyl (C=O) groups excluding carboxylic acids is 4. The first-order valence-corrected chi connectivity index (χ1v) is 39.0. The molecule has 19 heteroatoms. The van der Waals surface area contributed by atoms with Crippen LogP contribution in [-0.4, -0.2) is 96.7 Å². The van der Waals surface area contributed by atoms with E-state index in [0.717, 1.165) is 108 Å². The van der Waals surface area contributed by atoms with Gasteiger partial charge in [0.15, 0.2) is 12.2 Å². The summed E-state index contributed by atoms with van der Waals surface area (Å²) in [5, 5.41) is 10.6. The largest absolute Gasteiger partial charge is 0.472 e. The minimum absolute atomic E-state index is 0.106. The number of rotatable bonds is 68. The predicted octanol–water partition coefficient (Wildman–Crippen LogP) is 19.6. The Labute approximate surface area is 537 Å². The van der Waals surface area contributed by atoms with Crippen molar-refractivity contribution in [2.24, 2.45) is 11.8 Å². The number of phosphoric ester groups is 2. The summed E-state index contributed by atoms with van der Waals surface area (Å²) in [5.74, 6) is -0.567. The van der Waals surface area contributed by atoms with Crippen LogP contribution in [0.15, 0.2) is 0 Å². The van der Waals surface area contributed by atoms with Gasteiger partial charge in [0.1, 0.15) is 19.3 Å². The lowest BCUT2D eigenvalue weighted by Crippen LogP contribution is -2.30. The lowest BCUT2D eigenvalue weighted by Gasteiger charge is -2.21. The van der Waals surface area contributed by atoms with Crippen molar-refractivity contribution in [2.75, 3.05) is 39.6 Å². The van der Waals surface area contributed by atoms with Gasteiger partial charge in [0.2, 0.25) is 0 Å². The number of hydrogen-bond acceptors (Lipinski definition) is 15. The van der Waals surface area contributed by atoms with E-state index in [0.29, 0.717) is 25.7 Å². The van der Waals surface area contributed by atoms with Crippen molar-refractivity contribution in [1.29, 1.82) is 0 Å². The summed E-state index contributed by atoms with van der Waals surface area (Å²) in [5.41, 5.74) is 0. The van der Waals surface area contributed by atoms with Gasteiger partial charge >= 0.3 is 39.5 Å². The van der Waals surface area contributed by atoms with Crippen molar-refractivity contribution in [3.8, 4) is 0 Å². The van der Waals surface area contributed by atoms with Gasteiger partial charge in [-0.2, -0.15) is 0 Å². The molecule has 0 aliphatic heterocycles. The normalized spacial score (nSPS) is 14.2. The summed E-state index contributed by atoms with van der Waals surface area (Å²) >= 11 is 0. The van der Waals surface area contributed by atoms with Crippen molar-refractivity contribution in [3.63, 3.8) is 0 Å². The molecule has 0 radical (unpaired) electrons. The van der Waals surface area contributed by atoms with Crippen LogP contribution >= 0.6 is 15.6 Å². The number of ether oxygens (including phenoxy) is 4. The smallest absolute Gasteiger partial charge is 0.462 e. The number of unbranched alkanes of at least 4 members (excludes halogenated alkanes) is 38. The van der Waals surface area contributed by atoms with Gasteiger partial charge in [-0.3, -0.25) is 37.3 Å². The number of aliphatic hydroxyl groups excluding tert-OH is 1. The van der Waals surface area contributed by atoms with Crippen LogP contribution in [0.4, 0.5) is 0 Å². The van der Waals surface area contributed by atoms with Gasteiger partial charge in [0, 0.05) is 25.7 Å². The zero-order valence-corrected chi connectivity index (χ0v) is 58.8. The van der Waals surface area contributed by atoms with Crippen LogP contribution in [0.25, 0.3) is 0 Å². The minimum Gasteiger partial charge on any atom is -0.462 e. The maximum atomic E-state index is 13.0. The van der Waals surface area contributed by atoms with E-state index in [-0.39, 0.29) is 25.7 Å². The monoisotopic (exact) mass is 1300 g/mol. The second-order valence-corrected chi connectivity index (χ2v) is 28.8. The van der Waals surface area contributed by atoms with Gasteiger partial charge in [-0.15, -0.1) is 0 Å². The third kappa shape index (κ3) is 62.8. The second kappa shape index (κ2) is 61.3. The molecule has 3 N–H and O–H groups in total. The third-order valence-electron chi connectivity index (χ3n) is 16.0. The Morgan fingerprint density at radius 2 is 0.523 bits per heavy atom. The lowest BCUT2D eigenvalue weighted by atomic mass is 10.0. The predicted molar refractivity (Wildman–Crippen MR) is 354 cm³/mol. The highest BCUT2D eigenvalue weighted by Crippen LogP contribution is 2.45. The Balaban J connectivity index is 5.17. The Kier molecular flexibility index (Phi) is 59.9. The molecule has 17 nitrogen and oxygen atoms in total. The fraction of sp³-hybridized carbons (Fsp3) is 0.942. The molecule has 0 aromatic carbocycles. The van der Waals surface area contributed by atoms with E-state index in [1.54, 1.807) is 0 Å². The van der Waals surface area contributed by atoms with Gasteiger partial charge in [0.05, 0.1) is 26.4 Å². The van der Waals surface area contributed by atoms with Gasteiger partial charge in [-0.1, -0.05) is 298 Å². The second-order valence-electron chi connectivity index (χ2n) is 25.9. The molecular formula is C69H134O17P2. The molecule has 0 rings (SSSR count). The van der Waals surface area contributed by atoms with Crippen LogP contribution < -0.4 is 0 Å². The lowest BCUT2D eigenvalue weighted by molar-refractivity contribution is -0.161. The highest BCUT2D eigenvalue weighted by atomic mass is 31.2. The molecule has 88 heavy (non-hydrogen) atoms. The molecule has 0 saturated carbocycles. The van der Waals surface area contributed by atoms with Crippen LogP contribution in [-0.2, 0) is 65.4 Å². The Morgan fingerprint density at radius 3 is 0.773 bits per heavy atom. The van der Waals surface area contributed by atoms with E-state index in [9.17, 15) is 43.2 Å². The van der Waals surface area contributed by atoms with Crippen molar-refractivity contribution in [3.05, 3.63) is 0 Å². The Morgan fingerprint density at radius 1 is 0.307 bits per heavy atom. The van der Waals surface area contributed by atoms with Crippen molar-refractivity contribution in [1.82, 2.24) is 0 Å². The van der Waals surface area contributed by atoms with Crippen LogP contribution in [0.2, 0.25) is 0 Å². The molecule has 0 heterocycles. The molecular weight excluding hydrogens is 1160 g/mol. The fourth-order valence-corrected chi connectivity index (χ4v) is 12.0. The zero-order chi connectivity index (χ0) is 65.0. The molecule has 0 bridgehead atoms. The van der Waals surface area contributed by atoms with Crippen molar-refractivity contribution in [2.45, 2.75) is 368 Å². The maximum Gasteiger partial charge on any atom is 0.472 e. The van der Waals surface area contributed by atoms with Gasteiger partial charge < -0.3 is 33.8 Å². The summed E-state index contributed by atoms with van der Waals surface area (Å²) < 4.78 is 68.0. The fourth-order valence-electron chi connectivity index (χ4n) is 10.4. The number of hydrogen-bond donors (Lipinski definition) is 3. The molecule has 0 aliphatic rings. The Bertz CT molecular complexity index is 1720. The molecule has 0 aliphatic carbocycles. The van der Waals surface area contributed by atoms with Crippen LogP contribution in [0.3, 0.4) is 0 Å². The average Bonchev–Trinajstić information content (AvgIpc) is 3.59. The maximum absolute atomic E-state index is 13.0. The van der Waals surface area contributed by atoms with E-state index in [4.69, 9.17) is 37.0 Å². The number of aliphatic hydroxyl groups is 1. The van der Waals surface area contributed by atoms with E-state index >= 15 is 0 Å². The first kappa shape index (κ1) is 86.1. The molecule has 5 atom stereocenters. The van der Waals surface area contributed by atoms with E-state index in [1.165, 1.54) is 161 Å². The standard InChI is InChI=1S/C69H134O17P2/c1-7-9-11-13-14-15-16-24-30-35-41-47-53-68(73)85-64(57-79-66(71)51-45-37-12-10-8-2)59-83-87(75,76)81-55-63(70)56-82-88(77,78)84-60-65(58-80-67(72)52-46-40-34-29-25-21-20-23-28-33-39-44-50-62(5)6)86-69(74)54-48-42-36-31-26-19-17-18-22-27-32-38-43-49-61(3)4/h61-65,70H,7-60H2,1-6H3,(H,75,76)(H,77,78)/t63-,64+,65+/m0/s1. The Hall–Kier alpha value is -1.94. The van der Waals surface area contributed by atoms with Crippen molar-refractivity contribution < 1.29 is 80.2 Å². The number of phosphoric acid groups is 2. The molecule has 0 amide bonds. The zero-order valence-electron chi connectivity index (χ0n) is 57.0. The molecule has 0 aromatic heterocycles. The highest BCUT2D eigenvalue weighted by molar-refractivity contribution is 7.47. The van der Waals surface area contributed by atoms with E-state index in [2.05, 4.69) is 41.5 Å². The van der Waals surface area contributed by atoms with Gasteiger partial charge in [-0.05, 0) is 37.5 Å². The average molecular weight is 1300 g/mol. The molecule has 0 fully saturated rings. The van der Waals surface area contributed by atoms with Crippen molar-refractivity contribution >= 4 is 39.5 Å². The minimum atomic E-state index is -4.95. The summed E-state index contributed by atoms with van der Waals surface area (Å²) in [7, 11) is -9.89. The molecule has 0 saturated heterocycles. The third-order valence-corrected chi connectivity index (χ3v) is 17.9. The first-order chi connectivity index (χ1) is 42.4. The first-order valence-electron chi connectivity index (χ1n) is 36.0. The summed E-state index contributed by atoms with van der Waals surface area (Å²) in [6.07, 6.45) is 46.1. The number of carbonyl (C=O) groups is 4.